The highest BCUT2D eigenvalue weighted by Crippen LogP contribution is 2.43. The average Bonchev–Trinajstić information content (AvgIpc) is 2.59. The van der Waals surface area contributed by atoms with Crippen LogP contribution in [0.4, 0.5) is 0 Å². The molecule has 0 amide bonds. The van der Waals surface area contributed by atoms with Gasteiger partial charge < -0.3 is 0 Å². The van der Waals surface area contributed by atoms with Gasteiger partial charge in [0, 0.05) is 27.7 Å². The van der Waals surface area contributed by atoms with E-state index in [4.69, 9.17) is 11.6 Å². The lowest BCUT2D eigenvalue weighted by atomic mass is 10.1. The van der Waals surface area contributed by atoms with Gasteiger partial charge in [0.2, 0.25) is 0 Å². The third-order valence-corrected chi connectivity index (χ3v) is 5.04. The molecule has 1 aromatic rings. The van der Waals surface area contributed by atoms with Gasteiger partial charge in [-0.2, -0.15) is 0 Å². The van der Waals surface area contributed by atoms with E-state index in [-0.39, 0.29) is 4.92 Å². The topological polar surface area (TPSA) is 43.1 Å². The van der Waals surface area contributed by atoms with Crippen molar-refractivity contribution in [1.82, 2.24) is 0 Å². The molecular weight excluding hydrogens is 270 g/mol. The molecule has 0 aromatic heterocycles. The SMILES string of the molecule is O=[N+]([O-])C1(Sc2ccc(Cl)cc2)CCCCCC1. The number of rotatable bonds is 3. The maximum Gasteiger partial charge on any atom is 0.271 e. The Kier molecular flexibility index (Phi) is 4.51. The molecule has 1 aliphatic rings. The summed E-state index contributed by atoms with van der Waals surface area (Å²) in [7, 11) is 0. The molecule has 2 rings (SSSR count). The first-order valence-electron chi connectivity index (χ1n) is 6.21. The number of halogens is 1. The predicted molar refractivity (Wildman–Crippen MR) is 74.7 cm³/mol. The van der Waals surface area contributed by atoms with Gasteiger partial charge in [0.1, 0.15) is 0 Å². The zero-order valence-corrected chi connectivity index (χ0v) is 11.7. The molecule has 3 nitrogen and oxygen atoms in total. The Morgan fingerprint density at radius 1 is 1.11 bits per heavy atom. The standard InChI is InChI=1S/C13H16ClNO2S/c14-11-5-7-12(8-6-11)18-13(15(16)17)9-3-1-2-4-10-13/h5-8H,1-4,9-10H2. The molecule has 98 valence electrons. The highest BCUT2D eigenvalue weighted by Gasteiger charge is 2.43. The third-order valence-electron chi connectivity index (χ3n) is 3.34. The molecule has 0 N–H and O–H groups in total. The van der Waals surface area contributed by atoms with Crippen molar-refractivity contribution in [1.29, 1.82) is 0 Å². The van der Waals surface area contributed by atoms with Crippen LogP contribution in [0.25, 0.3) is 0 Å². The fourth-order valence-corrected chi connectivity index (χ4v) is 3.73. The van der Waals surface area contributed by atoms with Crippen molar-refractivity contribution >= 4 is 23.4 Å². The monoisotopic (exact) mass is 285 g/mol. The van der Waals surface area contributed by atoms with E-state index in [1.807, 2.05) is 12.1 Å². The van der Waals surface area contributed by atoms with Gasteiger partial charge in [-0.05, 0) is 48.9 Å². The Morgan fingerprint density at radius 2 is 1.67 bits per heavy atom. The quantitative estimate of drug-likeness (QED) is 0.348. The number of hydrogen-bond donors (Lipinski definition) is 0. The summed E-state index contributed by atoms with van der Waals surface area (Å²) in [4.78, 5) is 11.5. The fraction of sp³-hybridized carbons (Fsp3) is 0.538. The Balaban J connectivity index is 2.19. The summed E-state index contributed by atoms with van der Waals surface area (Å²) in [5.41, 5.74) is 0. The Labute approximate surface area is 116 Å². The van der Waals surface area contributed by atoms with E-state index in [1.165, 1.54) is 11.8 Å². The second kappa shape index (κ2) is 5.93. The van der Waals surface area contributed by atoms with E-state index in [1.54, 1.807) is 12.1 Å². The molecule has 1 aromatic carbocycles. The van der Waals surface area contributed by atoms with Crippen LogP contribution in [0.3, 0.4) is 0 Å². The largest absolute Gasteiger partial charge is 0.271 e. The molecule has 0 saturated heterocycles. The minimum Gasteiger partial charge on any atom is -0.263 e. The molecule has 0 spiro atoms. The van der Waals surface area contributed by atoms with Gasteiger partial charge in [-0.1, -0.05) is 24.4 Å². The summed E-state index contributed by atoms with van der Waals surface area (Å²) < 4.78 is 0. The molecule has 1 fully saturated rings. The summed E-state index contributed by atoms with van der Waals surface area (Å²) >= 11 is 7.22. The van der Waals surface area contributed by atoms with Crippen molar-refractivity contribution in [3.8, 4) is 0 Å². The van der Waals surface area contributed by atoms with Crippen molar-refractivity contribution in [2.24, 2.45) is 0 Å². The lowest BCUT2D eigenvalue weighted by Crippen LogP contribution is -2.33. The molecular formula is C13H16ClNO2S. The van der Waals surface area contributed by atoms with E-state index >= 15 is 0 Å². The van der Waals surface area contributed by atoms with Crippen LogP contribution in [0.2, 0.25) is 5.02 Å². The molecule has 0 atom stereocenters. The van der Waals surface area contributed by atoms with Crippen LogP contribution in [0.15, 0.2) is 29.2 Å². The van der Waals surface area contributed by atoms with Crippen LogP contribution in [0.5, 0.6) is 0 Å². The Bertz CT molecular complexity index is 414. The van der Waals surface area contributed by atoms with Crippen LogP contribution < -0.4 is 0 Å². The summed E-state index contributed by atoms with van der Waals surface area (Å²) in [6.45, 7) is 0. The minimum absolute atomic E-state index is 0.0857. The highest BCUT2D eigenvalue weighted by atomic mass is 35.5. The van der Waals surface area contributed by atoms with E-state index in [2.05, 4.69) is 0 Å². The maximum absolute atomic E-state index is 11.5. The zero-order valence-electron chi connectivity index (χ0n) is 10.1. The molecule has 0 heterocycles. The molecule has 0 bridgehead atoms. The average molecular weight is 286 g/mol. The van der Waals surface area contributed by atoms with Gasteiger partial charge in [0.15, 0.2) is 0 Å². The summed E-state index contributed by atoms with van der Waals surface area (Å²) in [5.74, 6) is 0. The zero-order chi connectivity index (χ0) is 13.0. The lowest BCUT2D eigenvalue weighted by Gasteiger charge is -2.22. The maximum atomic E-state index is 11.5. The number of thioether (sulfide) groups is 1. The van der Waals surface area contributed by atoms with Gasteiger partial charge in [0.05, 0.1) is 0 Å². The molecule has 5 heteroatoms. The van der Waals surface area contributed by atoms with E-state index in [9.17, 15) is 10.1 Å². The van der Waals surface area contributed by atoms with Gasteiger partial charge in [-0.15, -0.1) is 0 Å². The van der Waals surface area contributed by atoms with Crippen molar-refractivity contribution in [3.05, 3.63) is 39.4 Å². The smallest absolute Gasteiger partial charge is 0.263 e. The van der Waals surface area contributed by atoms with Crippen molar-refractivity contribution in [3.63, 3.8) is 0 Å². The Hall–Kier alpha value is -0.740. The third kappa shape index (κ3) is 3.18. The van der Waals surface area contributed by atoms with Gasteiger partial charge in [0.25, 0.3) is 4.87 Å². The lowest BCUT2D eigenvalue weighted by molar-refractivity contribution is -0.540. The first kappa shape index (κ1) is 13.7. The van der Waals surface area contributed by atoms with Gasteiger partial charge >= 0.3 is 0 Å². The van der Waals surface area contributed by atoms with Crippen molar-refractivity contribution in [2.75, 3.05) is 0 Å². The molecule has 18 heavy (non-hydrogen) atoms. The van der Waals surface area contributed by atoms with Crippen LogP contribution in [0.1, 0.15) is 38.5 Å². The summed E-state index contributed by atoms with van der Waals surface area (Å²) in [6, 6.07) is 7.30. The molecule has 0 aliphatic heterocycles. The van der Waals surface area contributed by atoms with Crippen molar-refractivity contribution < 1.29 is 4.92 Å². The Morgan fingerprint density at radius 3 is 2.17 bits per heavy atom. The first-order valence-corrected chi connectivity index (χ1v) is 7.41. The van der Waals surface area contributed by atoms with E-state index in [0.717, 1.165) is 30.6 Å². The second-order valence-corrected chi connectivity index (χ2v) is 6.55. The van der Waals surface area contributed by atoms with Crippen LogP contribution in [-0.2, 0) is 0 Å². The van der Waals surface area contributed by atoms with Gasteiger partial charge in [-0.3, -0.25) is 10.1 Å². The second-order valence-electron chi connectivity index (χ2n) is 4.67. The number of benzene rings is 1. The fourth-order valence-electron chi connectivity index (χ4n) is 2.32. The number of hydrogen-bond acceptors (Lipinski definition) is 3. The van der Waals surface area contributed by atoms with Crippen LogP contribution in [-0.4, -0.2) is 9.79 Å². The molecule has 1 saturated carbocycles. The highest BCUT2D eigenvalue weighted by molar-refractivity contribution is 8.00. The first-order chi connectivity index (χ1) is 8.62. The molecule has 0 radical (unpaired) electrons. The summed E-state index contributed by atoms with van der Waals surface area (Å²) in [5, 5.41) is 12.1. The molecule has 1 aliphatic carbocycles. The van der Waals surface area contributed by atoms with E-state index in [0.29, 0.717) is 17.9 Å². The minimum atomic E-state index is -0.843. The van der Waals surface area contributed by atoms with Crippen LogP contribution >= 0.6 is 23.4 Å². The van der Waals surface area contributed by atoms with Gasteiger partial charge in [-0.25, -0.2) is 0 Å². The normalized spacial score (nSPS) is 19.2. The number of nitrogens with zero attached hydrogens (tertiary/aromatic N) is 1. The van der Waals surface area contributed by atoms with Crippen LogP contribution in [0, 0.1) is 10.1 Å². The predicted octanol–water partition coefficient (Wildman–Crippen LogP) is 4.76. The van der Waals surface area contributed by atoms with Crippen molar-refractivity contribution in [2.45, 2.75) is 48.3 Å². The van der Waals surface area contributed by atoms with E-state index < -0.39 is 4.87 Å². The summed E-state index contributed by atoms with van der Waals surface area (Å²) in [6.07, 6.45) is 5.43. The number of nitro groups is 1. The molecule has 0 unspecified atom stereocenters.